The molecule has 1 aromatic rings. The molecule has 1 aliphatic heterocycles. The second kappa shape index (κ2) is 7.51. The molecule has 1 aliphatic rings. The van der Waals surface area contributed by atoms with Crippen LogP contribution in [0.1, 0.15) is 44.8 Å². The van der Waals surface area contributed by atoms with Crippen LogP contribution in [-0.4, -0.2) is 58.1 Å². The zero-order valence-electron chi connectivity index (χ0n) is 15.2. The maximum absolute atomic E-state index is 12.5. The Balaban J connectivity index is 1.84. The summed E-state index contributed by atoms with van der Waals surface area (Å²) in [7, 11) is 0. The number of piperazine rings is 1. The number of carbonyl (C=O) groups excluding carboxylic acids is 2. The average Bonchev–Trinajstić information content (AvgIpc) is 2.88. The number of aromatic nitrogens is 1. The Morgan fingerprint density at radius 3 is 2.62 bits per heavy atom. The highest BCUT2D eigenvalue weighted by atomic mass is 32.1. The Bertz CT molecular complexity index is 594. The fourth-order valence-electron chi connectivity index (χ4n) is 2.72. The first kappa shape index (κ1) is 18.7. The van der Waals surface area contributed by atoms with Crippen molar-refractivity contribution >= 4 is 23.3 Å². The van der Waals surface area contributed by atoms with Crippen molar-refractivity contribution in [3.63, 3.8) is 0 Å². The van der Waals surface area contributed by atoms with Crippen LogP contribution >= 0.6 is 11.3 Å². The largest absolute Gasteiger partial charge is 0.444 e. The SMILES string of the molecule is Cc1nc(CCC(=O)N2CCN(C(=O)OC(C)(C)C)CC2C)cs1. The topological polar surface area (TPSA) is 62.7 Å². The molecule has 0 radical (unpaired) electrons. The fourth-order valence-corrected chi connectivity index (χ4v) is 3.37. The van der Waals surface area contributed by atoms with Gasteiger partial charge in [0, 0.05) is 37.5 Å². The lowest BCUT2D eigenvalue weighted by Crippen LogP contribution is -2.56. The van der Waals surface area contributed by atoms with Crippen molar-refractivity contribution in [2.24, 2.45) is 0 Å². The van der Waals surface area contributed by atoms with Crippen molar-refractivity contribution in [3.8, 4) is 0 Å². The second-order valence-corrected chi connectivity index (χ2v) is 8.28. The van der Waals surface area contributed by atoms with Gasteiger partial charge in [0.15, 0.2) is 0 Å². The molecule has 1 fully saturated rings. The zero-order chi connectivity index (χ0) is 17.9. The third kappa shape index (κ3) is 5.19. The third-order valence-corrected chi connectivity index (χ3v) is 4.68. The van der Waals surface area contributed by atoms with Crippen molar-refractivity contribution < 1.29 is 14.3 Å². The van der Waals surface area contributed by atoms with Gasteiger partial charge in [-0.3, -0.25) is 4.79 Å². The molecule has 134 valence electrons. The molecule has 0 saturated carbocycles. The van der Waals surface area contributed by atoms with Crippen LogP contribution in [0.15, 0.2) is 5.38 Å². The minimum atomic E-state index is -0.501. The zero-order valence-corrected chi connectivity index (χ0v) is 16.0. The highest BCUT2D eigenvalue weighted by molar-refractivity contribution is 7.09. The van der Waals surface area contributed by atoms with E-state index in [1.54, 1.807) is 16.2 Å². The van der Waals surface area contributed by atoms with Crippen molar-refractivity contribution in [1.82, 2.24) is 14.8 Å². The summed E-state index contributed by atoms with van der Waals surface area (Å²) in [5, 5.41) is 3.03. The molecule has 1 atom stereocenters. The average molecular weight is 353 g/mol. The lowest BCUT2D eigenvalue weighted by atomic mass is 10.1. The van der Waals surface area contributed by atoms with E-state index in [1.807, 2.05) is 44.9 Å². The maximum atomic E-state index is 12.5. The molecular formula is C17H27N3O3S. The first-order valence-corrected chi connectivity index (χ1v) is 9.22. The van der Waals surface area contributed by atoms with Crippen LogP contribution in [0.5, 0.6) is 0 Å². The molecule has 0 aliphatic carbocycles. The Kier molecular flexibility index (Phi) is 5.85. The summed E-state index contributed by atoms with van der Waals surface area (Å²) in [6.07, 6.45) is 0.821. The molecule has 6 nitrogen and oxygen atoms in total. The van der Waals surface area contributed by atoms with E-state index in [2.05, 4.69) is 4.98 Å². The molecule has 1 saturated heterocycles. The van der Waals surface area contributed by atoms with Gasteiger partial charge in [0.05, 0.1) is 10.7 Å². The minimum absolute atomic E-state index is 0.00376. The number of aryl methyl sites for hydroxylation is 2. The highest BCUT2D eigenvalue weighted by Crippen LogP contribution is 2.17. The van der Waals surface area contributed by atoms with Gasteiger partial charge in [-0.05, 0) is 41.0 Å². The predicted molar refractivity (Wildman–Crippen MR) is 94.2 cm³/mol. The molecule has 2 amide bonds. The highest BCUT2D eigenvalue weighted by Gasteiger charge is 2.31. The van der Waals surface area contributed by atoms with E-state index in [-0.39, 0.29) is 18.0 Å². The van der Waals surface area contributed by atoms with Gasteiger partial charge in [-0.15, -0.1) is 11.3 Å². The van der Waals surface area contributed by atoms with Crippen molar-refractivity contribution in [2.75, 3.05) is 19.6 Å². The van der Waals surface area contributed by atoms with Gasteiger partial charge < -0.3 is 14.5 Å². The van der Waals surface area contributed by atoms with Crippen molar-refractivity contribution in [2.45, 2.75) is 59.1 Å². The molecule has 0 aromatic carbocycles. The summed E-state index contributed by atoms with van der Waals surface area (Å²) < 4.78 is 5.41. The number of amides is 2. The summed E-state index contributed by atoms with van der Waals surface area (Å²) in [5.74, 6) is 0.122. The van der Waals surface area contributed by atoms with Crippen LogP contribution in [0.4, 0.5) is 4.79 Å². The van der Waals surface area contributed by atoms with Gasteiger partial charge in [0.1, 0.15) is 5.60 Å². The smallest absolute Gasteiger partial charge is 0.410 e. The Morgan fingerprint density at radius 1 is 1.38 bits per heavy atom. The third-order valence-electron chi connectivity index (χ3n) is 3.86. The lowest BCUT2D eigenvalue weighted by Gasteiger charge is -2.40. The van der Waals surface area contributed by atoms with Crippen molar-refractivity contribution in [1.29, 1.82) is 0 Å². The first-order valence-electron chi connectivity index (χ1n) is 8.34. The van der Waals surface area contributed by atoms with Crippen LogP contribution in [0.3, 0.4) is 0 Å². The normalized spacial score (nSPS) is 18.6. The van der Waals surface area contributed by atoms with E-state index in [4.69, 9.17) is 4.74 Å². The Labute approximate surface area is 147 Å². The molecule has 1 unspecified atom stereocenters. The molecule has 0 N–H and O–H groups in total. The van der Waals surface area contributed by atoms with Gasteiger partial charge in [0.25, 0.3) is 0 Å². The van der Waals surface area contributed by atoms with E-state index < -0.39 is 5.60 Å². The Morgan fingerprint density at radius 2 is 2.08 bits per heavy atom. The summed E-state index contributed by atoms with van der Waals surface area (Å²) >= 11 is 1.61. The molecule has 0 spiro atoms. The van der Waals surface area contributed by atoms with Crippen LogP contribution in [0, 0.1) is 6.92 Å². The molecule has 7 heteroatoms. The number of carbonyl (C=O) groups is 2. The number of thiazole rings is 1. The van der Waals surface area contributed by atoms with Gasteiger partial charge >= 0.3 is 6.09 Å². The monoisotopic (exact) mass is 353 g/mol. The van der Waals surface area contributed by atoms with Gasteiger partial charge in [-0.2, -0.15) is 0 Å². The van der Waals surface area contributed by atoms with E-state index in [1.165, 1.54) is 0 Å². The summed E-state index contributed by atoms with van der Waals surface area (Å²) in [6, 6.07) is -0.00376. The van der Waals surface area contributed by atoms with Gasteiger partial charge in [0.2, 0.25) is 5.91 Å². The van der Waals surface area contributed by atoms with Crippen LogP contribution in [0.25, 0.3) is 0 Å². The minimum Gasteiger partial charge on any atom is -0.444 e. The number of hydrogen-bond acceptors (Lipinski definition) is 5. The number of ether oxygens (including phenoxy) is 1. The quantitative estimate of drug-likeness (QED) is 0.838. The number of nitrogens with zero attached hydrogens (tertiary/aromatic N) is 3. The molecule has 2 heterocycles. The molecular weight excluding hydrogens is 326 g/mol. The first-order chi connectivity index (χ1) is 11.2. The van der Waals surface area contributed by atoms with Gasteiger partial charge in [-0.25, -0.2) is 9.78 Å². The lowest BCUT2D eigenvalue weighted by molar-refractivity contribution is -0.135. The van der Waals surface area contributed by atoms with E-state index in [0.717, 1.165) is 10.7 Å². The fraction of sp³-hybridized carbons (Fsp3) is 0.706. The summed E-state index contributed by atoms with van der Waals surface area (Å²) in [4.78, 5) is 32.5. The maximum Gasteiger partial charge on any atom is 0.410 e. The molecule has 24 heavy (non-hydrogen) atoms. The predicted octanol–water partition coefficient (Wildman–Crippen LogP) is 2.85. The molecule has 0 bridgehead atoms. The van der Waals surface area contributed by atoms with Gasteiger partial charge in [-0.1, -0.05) is 0 Å². The molecule has 1 aromatic heterocycles. The number of hydrogen-bond donors (Lipinski definition) is 0. The van der Waals surface area contributed by atoms with E-state index in [9.17, 15) is 9.59 Å². The van der Waals surface area contributed by atoms with Crippen LogP contribution in [-0.2, 0) is 16.0 Å². The van der Waals surface area contributed by atoms with Crippen LogP contribution < -0.4 is 0 Å². The summed E-state index contributed by atoms with van der Waals surface area (Å²) in [6.45, 7) is 11.1. The van der Waals surface area contributed by atoms with Crippen molar-refractivity contribution in [3.05, 3.63) is 16.1 Å². The van der Waals surface area contributed by atoms with Crippen LogP contribution in [0.2, 0.25) is 0 Å². The van der Waals surface area contributed by atoms with E-state index >= 15 is 0 Å². The summed E-state index contributed by atoms with van der Waals surface area (Å²) in [5.41, 5.74) is 0.477. The van der Waals surface area contributed by atoms with E-state index in [0.29, 0.717) is 32.5 Å². The standard InChI is InChI=1S/C17H27N3O3S/c1-12-10-19(16(22)23-17(3,4)5)8-9-20(12)15(21)7-6-14-11-24-13(2)18-14/h11-12H,6-10H2,1-5H3. The molecule has 2 rings (SSSR count). The number of rotatable bonds is 3. The Hall–Kier alpha value is -1.63. The second-order valence-electron chi connectivity index (χ2n) is 7.22.